The molecular weight excluding hydrogens is 290 g/mol. The predicted molar refractivity (Wildman–Crippen MR) is 80.3 cm³/mol. The smallest absolute Gasteiger partial charge is 0.275 e. The van der Waals surface area contributed by atoms with Gasteiger partial charge in [-0.05, 0) is 26.0 Å². The van der Waals surface area contributed by atoms with Crippen molar-refractivity contribution in [2.24, 2.45) is 7.05 Å². The standard InChI is InChI=1S/C13H13N5O2S/c1-7-6-9-12(21-7)14-8(2)18(13(9)20)16-11(19)10-4-5-17(3)15-10/h4-6H,1-3H3,(H,16,19). The minimum absolute atomic E-state index is 0.241. The van der Waals surface area contributed by atoms with E-state index in [1.54, 1.807) is 32.3 Å². The summed E-state index contributed by atoms with van der Waals surface area (Å²) in [5.41, 5.74) is 2.50. The molecule has 0 fully saturated rings. The zero-order chi connectivity index (χ0) is 15.1. The molecule has 0 saturated carbocycles. The highest BCUT2D eigenvalue weighted by Gasteiger charge is 2.15. The summed E-state index contributed by atoms with van der Waals surface area (Å²) in [4.78, 5) is 30.6. The van der Waals surface area contributed by atoms with Crippen molar-refractivity contribution in [1.29, 1.82) is 0 Å². The Morgan fingerprint density at radius 1 is 1.38 bits per heavy atom. The average molecular weight is 303 g/mol. The Labute approximate surface area is 123 Å². The normalized spacial score (nSPS) is 11.0. The lowest BCUT2D eigenvalue weighted by atomic mass is 10.3. The van der Waals surface area contributed by atoms with Gasteiger partial charge in [-0.2, -0.15) is 5.10 Å². The highest BCUT2D eigenvalue weighted by Crippen LogP contribution is 2.20. The van der Waals surface area contributed by atoms with Gasteiger partial charge >= 0.3 is 0 Å². The van der Waals surface area contributed by atoms with Crippen LogP contribution in [-0.2, 0) is 7.05 Å². The van der Waals surface area contributed by atoms with Crippen molar-refractivity contribution < 1.29 is 4.79 Å². The molecule has 108 valence electrons. The second-order valence-corrected chi connectivity index (χ2v) is 5.93. The highest BCUT2D eigenvalue weighted by atomic mass is 32.1. The van der Waals surface area contributed by atoms with Crippen LogP contribution in [0, 0.1) is 13.8 Å². The van der Waals surface area contributed by atoms with Crippen LogP contribution in [0.15, 0.2) is 23.1 Å². The van der Waals surface area contributed by atoms with Gasteiger partial charge in [0, 0.05) is 18.1 Å². The summed E-state index contributed by atoms with van der Waals surface area (Å²) in [6.07, 6.45) is 1.66. The third kappa shape index (κ3) is 2.33. The third-order valence-corrected chi connectivity index (χ3v) is 3.96. The third-order valence-electron chi connectivity index (χ3n) is 3.02. The molecule has 21 heavy (non-hydrogen) atoms. The summed E-state index contributed by atoms with van der Waals surface area (Å²) in [5, 5.41) is 4.51. The van der Waals surface area contributed by atoms with Crippen molar-refractivity contribution in [3.05, 3.63) is 45.1 Å². The Morgan fingerprint density at radius 2 is 2.14 bits per heavy atom. The van der Waals surface area contributed by atoms with Crippen LogP contribution in [0.1, 0.15) is 21.2 Å². The first-order valence-electron chi connectivity index (χ1n) is 6.26. The zero-order valence-corrected chi connectivity index (χ0v) is 12.6. The largest absolute Gasteiger partial charge is 0.290 e. The summed E-state index contributed by atoms with van der Waals surface area (Å²) in [6, 6.07) is 3.36. The number of nitrogens with zero attached hydrogens (tertiary/aromatic N) is 4. The number of aryl methyl sites for hydroxylation is 3. The van der Waals surface area contributed by atoms with Gasteiger partial charge in [0.2, 0.25) is 0 Å². The molecule has 3 aromatic rings. The van der Waals surface area contributed by atoms with Gasteiger partial charge in [0.1, 0.15) is 10.7 Å². The van der Waals surface area contributed by atoms with E-state index in [-0.39, 0.29) is 11.3 Å². The molecule has 0 spiro atoms. The molecule has 0 aliphatic rings. The molecule has 0 unspecified atom stereocenters. The van der Waals surface area contributed by atoms with Gasteiger partial charge in [0.25, 0.3) is 11.5 Å². The van der Waals surface area contributed by atoms with Crippen molar-refractivity contribution in [3.63, 3.8) is 0 Å². The minimum atomic E-state index is -0.450. The molecule has 0 radical (unpaired) electrons. The van der Waals surface area contributed by atoms with E-state index in [2.05, 4.69) is 15.5 Å². The average Bonchev–Trinajstić information content (AvgIpc) is 3.00. The van der Waals surface area contributed by atoms with Crippen molar-refractivity contribution in [2.45, 2.75) is 13.8 Å². The molecule has 1 amide bonds. The first-order valence-corrected chi connectivity index (χ1v) is 7.08. The number of hydrogen-bond acceptors (Lipinski definition) is 5. The topological polar surface area (TPSA) is 81.8 Å². The summed E-state index contributed by atoms with van der Waals surface area (Å²) in [5.74, 6) is -0.0208. The summed E-state index contributed by atoms with van der Waals surface area (Å²) in [7, 11) is 1.72. The monoisotopic (exact) mass is 303 g/mol. The van der Waals surface area contributed by atoms with Crippen LogP contribution >= 0.6 is 11.3 Å². The van der Waals surface area contributed by atoms with E-state index in [1.807, 2.05) is 6.92 Å². The molecule has 0 atom stereocenters. The minimum Gasteiger partial charge on any atom is -0.275 e. The lowest BCUT2D eigenvalue weighted by Gasteiger charge is -2.09. The van der Waals surface area contributed by atoms with Crippen LogP contribution in [0.4, 0.5) is 0 Å². The lowest BCUT2D eigenvalue weighted by Crippen LogP contribution is -2.35. The molecule has 0 aliphatic carbocycles. The zero-order valence-electron chi connectivity index (χ0n) is 11.7. The van der Waals surface area contributed by atoms with Gasteiger partial charge < -0.3 is 0 Å². The van der Waals surface area contributed by atoms with E-state index in [1.165, 1.54) is 16.0 Å². The molecule has 3 rings (SSSR count). The molecule has 3 aromatic heterocycles. The Bertz CT molecular complexity index is 905. The van der Waals surface area contributed by atoms with Crippen LogP contribution in [0.2, 0.25) is 0 Å². The number of rotatable bonds is 2. The second-order valence-electron chi connectivity index (χ2n) is 4.69. The Kier molecular flexibility index (Phi) is 3.09. The Hall–Kier alpha value is -2.48. The van der Waals surface area contributed by atoms with Crippen LogP contribution < -0.4 is 11.0 Å². The molecule has 0 bridgehead atoms. The first kappa shape index (κ1) is 13.5. The van der Waals surface area contributed by atoms with E-state index in [9.17, 15) is 9.59 Å². The number of fused-ring (bicyclic) bond motifs is 1. The van der Waals surface area contributed by atoms with E-state index in [4.69, 9.17) is 0 Å². The summed E-state index contributed by atoms with van der Waals surface area (Å²) < 4.78 is 2.68. The molecule has 3 heterocycles. The SMILES string of the molecule is Cc1cc2c(=O)n(NC(=O)c3ccn(C)n3)c(C)nc2s1. The number of nitrogens with one attached hydrogen (secondary N) is 1. The van der Waals surface area contributed by atoms with Crippen LogP contribution in [0.3, 0.4) is 0 Å². The van der Waals surface area contributed by atoms with Gasteiger partial charge in [-0.1, -0.05) is 0 Å². The van der Waals surface area contributed by atoms with Crippen molar-refractivity contribution >= 4 is 27.5 Å². The molecule has 0 aromatic carbocycles. The van der Waals surface area contributed by atoms with E-state index >= 15 is 0 Å². The number of carbonyl (C=O) groups excluding carboxylic acids is 1. The van der Waals surface area contributed by atoms with Crippen LogP contribution in [0.25, 0.3) is 10.2 Å². The number of thiophene rings is 1. The molecule has 1 N–H and O–H groups in total. The highest BCUT2D eigenvalue weighted by molar-refractivity contribution is 7.18. The number of aromatic nitrogens is 4. The quantitative estimate of drug-likeness (QED) is 0.771. The fraction of sp³-hybridized carbons (Fsp3) is 0.231. The van der Waals surface area contributed by atoms with Gasteiger partial charge in [-0.3, -0.25) is 19.7 Å². The van der Waals surface area contributed by atoms with Gasteiger partial charge in [-0.25, -0.2) is 9.66 Å². The maximum absolute atomic E-state index is 12.4. The number of hydrogen-bond donors (Lipinski definition) is 1. The summed E-state index contributed by atoms with van der Waals surface area (Å²) >= 11 is 1.45. The second kappa shape index (κ2) is 4.81. The molecule has 0 saturated heterocycles. The van der Waals surface area contributed by atoms with Gasteiger partial charge in [-0.15, -0.1) is 11.3 Å². The Balaban J connectivity index is 2.04. The van der Waals surface area contributed by atoms with E-state index in [0.717, 1.165) is 9.55 Å². The van der Waals surface area contributed by atoms with Crippen molar-refractivity contribution in [1.82, 2.24) is 19.4 Å². The summed E-state index contributed by atoms with van der Waals surface area (Å²) in [6.45, 7) is 3.59. The van der Waals surface area contributed by atoms with Crippen LogP contribution in [-0.4, -0.2) is 25.3 Å². The fourth-order valence-corrected chi connectivity index (χ4v) is 2.94. The van der Waals surface area contributed by atoms with Gasteiger partial charge in [0.05, 0.1) is 5.39 Å². The maximum Gasteiger partial charge on any atom is 0.290 e. The molecule has 0 aliphatic heterocycles. The lowest BCUT2D eigenvalue weighted by molar-refractivity contribution is 0.100. The first-order chi connectivity index (χ1) is 9.95. The maximum atomic E-state index is 12.4. The Morgan fingerprint density at radius 3 is 2.81 bits per heavy atom. The van der Waals surface area contributed by atoms with E-state index < -0.39 is 5.91 Å². The van der Waals surface area contributed by atoms with Crippen molar-refractivity contribution in [2.75, 3.05) is 5.43 Å². The predicted octanol–water partition coefficient (Wildman–Crippen LogP) is 1.19. The number of carbonyl (C=O) groups is 1. The van der Waals surface area contributed by atoms with Crippen molar-refractivity contribution in [3.8, 4) is 0 Å². The molecule has 8 heteroatoms. The van der Waals surface area contributed by atoms with E-state index in [0.29, 0.717) is 16.0 Å². The molecular formula is C13H13N5O2S. The van der Waals surface area contributed by atoms with Gasteiger partial charge in [0.15, 0.2) is 5.69 Å². The number of amides is 1. The fourth-order valence-electron chi connectivity index (χ4n) is 2.03. The molecule has 7 nitrogen and oxygen atoms in total. The van der Waals surface area contributed by atoms with Crippen LogP contribution in [0.5, 0.6) is 0 Å².